The predicted octanol–water partition coefficient (Wildman–Crippen LogP) is -0.754. The van der Waals surface area contributed by atoms with Gasteiger partial charge in [-0.3, -0.25) is 4.79 Å². The first-order chi connectivity index (χ1) is 7.38. The van der Waals surface area contributed by atoms with Crippen molar-refractivity contribution in [2.24, 2.45) is 0 Å². The highest BCUT2D eigenvalue weighted by atomic mass is 32.2. The van der Waals surface area contributed by atoms with Crippen LogP contribution in [0.4, 0.5) is 0 Å². The Kier molecular flexibility index (Phi) is 4.67. The lowest BCUT2D eigenvalue weighted by molar-refractivity contribution is -0.150. The van der Waals surface area contributed by atoms with Gasteiger partial charge in [-0.05, 0) is 20.8 Å². The Morgan fingerprint density at radius 3 is 2.06 bits per heavy atom. The van der Waals surface area contributed by atoms with Crippen molar-refractivity contribution in [3.05, 3.63) is 0 Å². The minimum atomic E-state index is -3.55. The number of likely N-dealkylation sites (N-methyl/N-ethyl adjacent to an activating group) is 1. The summed E-state index contributed by atoms with van der Waals surface area (Å²) < 4.78 is 24.3. The molecule has 0 aliphatic rings. The van der Waals surface area contributed by atoms with E-state index in [4.69, 9.17) is 5.11 Å². The van der Waals surface area contributed by atoms with Crippen LogP contribution in [0, 0.1) is 0 Å². The van der Waals surface area contributed by atoms with E-state index in [9.17, 15) is 18.0 Å². The molecule has 0 spiro atoms. The monoisotopic (exact) mass is 266 g/mol. The second kappa shape index (κ2) is 5.01. The van der Waals surface area contributed by atoms with Crippen molar-refractivity contribution in [3.8, 4) is 0 Å². The van der Waals surface area contributed by atoms with Gasteiger partial charge in [-0.1, -0.05) is 0 Å². The Hall–Kier alpha value is -1.15. The Morgan fingerprint density at radius 1 is 1.35 bits per heavy atom. The first-order valence-corrected chi connectivity index (χ1v) is 6.76. The van der Waals surface area contributed by atoms with Crippen LogP contribution in [-0.4, -0.2) is 55.2 Å². The molecule has 0 radical (unpaired) electrons. The van der Waals surface area contributed by atoms with E-state index in [0.29, 0.717) is 0 Å². The van der Waals surface area contributed by atoms with Crippen molar-refractivity contribution < 1.29 is 23.1 Å². The molecule has 0 fully saturated rings. The van der Waals surface area contributed by atoms with Crippen LogP contribution < -0.4 is 4.72 Å². The molecule has 0 heterocycles. The third-order valence-corrected chi connectivity index (χ3v) is 3.11. The fourth-order valence-corrected chi connectivity index (χ4v) is 2.30. The third-order valence-electron chi connectivity index (χ3n) is 2.23. The molecule has 1 amide bonds. The topological polar surface area (TPSA) is 104 Å². The maximum atomic E-state index is 11.9. The van der Waals surface area contributed by atoms with E-state index in [1.807, 2.05) is 0 Å². The van der Waals surface area contributed by atoms with Gasteiger partial charge < -0.3 is 10.0 Å². The lowest BCUT2D eigenvalue weighted by Gasteiger charge is -2.31. The molecule has 0 aromatic carbocycles. The predicted molar refractivity (Wildman–Crippen MR) is 61.9 cm³/mol. The minimum Gasteiger partial charge on any atom is -0.480 e. The van der Waals surface area contributed by atoms with Gasteiger partial charge in [0.1, 0.15) is 11.6 Å². The van der Waals surface area contributed by atoms with E-state index >= 15 is 0 Å². The average Bonchev–Trinajstić information content (AvgIpc) is 2.10. The number of carboxylic acids is 1. The molecule has 0 aliphatic heterocycles. The summed E-state index contributed by atoms with van der Waals surface area (Å²) in [6.07, 6.45) is 0.933. The maximum absolute atomic E-state index is 11.9. The Balaban J connectivity index is 4.98. The lowest BCUT2D eigenvalue weighted by atomic mass is 10.0. The van der Waals surface area contributed by atoms with Crippen LogP contribution in [0.2, 0.25) is 0 Å². The summed E-state index contributed by atoms with van der Waals surface area (Å²) in [5.41, 5.74) is -1.38. The van der Waals surface area contributed by atoms with E-state index in [0.717, 1.165) is 11.2 Å². The molecule has 0 rings (SSSR count). The summed E-state index contributed by atoms with van der Waals surface area (Å²) in [6.45, 7) is 4.10. The highest BCUT2D eigenvalue weighted by Gasteiger charge is 2.36. The van der Waals surface area contributed by atoms with Crippen molar-refractivity contribution >= 4 is 21.9 Å². The van der Waals surface area contributed by atoms with Crippen molar-refractivity contribution in [2.75, 3.05) is 13.3 Å². The highest BCUT2D eigenvalue weighted by Crippen LogP contribution is 2.10. The molecule has 0 bridgehead atoms. The second-order valence-electron chi connectivity index (χ2n) is 4.43. The number of nitrogens with zero attached hydrogens (tertiary/aromatic N) is 1. The number of aliphatic carboxylic acids is 1. The highest BCUT2D eigenvalue weighted by molar-refractivity contribution is 7.88. The van der Waals surface area contributed by atoms with Gasteiger partial charge in [0.15, 0.2) is 0 Å². The molecule has 17 heavy (non-hydrogen) atoms. The molecule has 7 nitrogen and oxygen atoms in total. The third kappa shape index (κ3) is 4.70. The molecule has 1 atom stereocenters. The maximum Gasteiger partial charge on any atom is 0.326 e. The number of hydrogen-bond donors (Lipinski definition) is 2. The van der Waals surface area contributed by atoms with E-state index in [-0.39, 0.29) is 0 Å². The quantitative estimate of drug-likeness (QED) is 0.681. The fourth-order valence-electron chi connectivity index (χ4n) is 1.29. The summed E-state index contributed by atoms with van der Waals surface area (Å²) >= 11 is 0. The number of carbonyl (C=O) groups excluding carboxylic acids is 1. The molecule has 8 heteroatoms. The van der Waals surface area contributed by atoms with Crippen LogP contribution in [-0.2, 0) is 19.6 Å². The van der Waals surface area contributed by atoms with Crippen LogP contribution in [0.3, 0.4) is 0 Å². The van der Waals surface area contributed by atoms with Crippen LogP contribution in [0.1, 0.15) is 20.8 Å². The van der Waals surface area contributed by atoms with E-state index in [1.54, 1.807) is 0 Å². The normalized spacial score (nSPS) is 14.2. The summed E-state index contributed by atoms with van der Waals surface area (Å²) in [6, 6.07) is -1.02. The number of carboxylic acid groups (broad SMARTS) is 1. The minimum absolute atomic E-state index is 0.613. The number of hydrogen-bond acceptors (Lipinski definition) is 4. The van der Waals surface area contributed by atoms with E-state index < -0.39 is 33.5 Å². The zero-order valence-corrected chi connectivity index (χ0v) is 11.3. The summed E-state index contributed by atoms with van der Waals surface area (Å²) in [5.74, 6) is -1.77. The van der Waals surface area contributed by atoms with E-state index in [1.165, 1.54) is 27.8 Å². The van der Waals surface area contributed by atoms with Crippen molar-refractivity contribution in [1.29, 1.82) is 0 Å². The largest absolute Gasteiger partial charge is 0.480 e. The van der Waals surface area contributed by atoms with Crippen LogP contribution >= 0.6 is 0 Å². The summed E-state index contributed by atoms with van der Waals surface area (Å²) in [7, 11) is -2.24. The number of amides is 1. The first-order valence-electron chi connectivity index (χ1n) is 4.87. The molecule has 0 saturated carbocycles. The first kappa shape index (κ1) is 15.9. The molecular formula is C9H18N2O5S. The number of nitrogens with one attached hydrogen (secondary N) is 1. The van der Waals surface area contributed by atoms with Gasteiger partial charge in [0.05, 0.1) is 6.26 Å². The van der Waals surface area contributed by atoms with E-state index in [2.05, 4.69) is 4.72 Å². The lowest BCUT2D eigenvalue weighted by Crippen LogP contribution is -2.57. The molecular weight excluding hydrogens is 248 g/mol. The molecule has 0 saturated heterocycles. The van der Waals surface area contributed by atoms with Gasteiger partial charge in [-0.15, -0.1) is 0 Å². The SMILES string of the molecule is CC(C(=O)O)N(C)C(=O)C(C)(C)NS(C)(=O)=O. The van der Waals surface area contributed by atoms with Crippen molar-refractivity contribution in [2.45, 2.75) is 32.4 Å². The van der Waals surface area contributed by atoms with Crippen molar-refractivity contribution in [1.82, 2.24) is 9.62 Å². The van der Waals surface area contributed by atoms with Crippen LogP contribution in [0.25, 0.3) is 0 Å². The van der Waals surface area contributed by atoms with Crippen LogP contribution in [0.15, 0.2) is 0 Å². The molecule has 2 N–H and O–H groups in total. The van der Waals surface area contributed by atoms with Gasteiger partial charge in [0, 0.05) is 7.05 Å². The smallest absolute Gasteiger partial charge is 0.326 e. The molecule has 100 valence electrons. The number of rotatable bonds is 5. The van der Waals surface area contributed by atoms with Gasteiger partial charge in [-0.2, -0.15) is 0 Å². The molecule has 1 unspecified atom stereocenters. The van der Waals surface area contributed by atoms with Crippen LogP contribution in [0.5, 0.6) is 0 Å². The standard InChI is InChI=1S/C9H18N2O5S/c1-6(7(12)13)11(4)8(14)9(2,3)10-17(5,15)16/h6,10H,1-5H3,(H,12,13). The summed E-state index contributed by atoms with van der Waals surface area (Å²) in [5, 5.41) is 8.77. The van der Waals surface area contributed by atoms with Gasteiger partial charge in [-0.25, -0.2) is 17.9 Å². The van der Waals surface area contributed by atoms with Crippen molar-refractivity contribution in [3.63, 3.8) is 0 Å². The Bertz CT molecular complexity index is 415. The zero-order valence-electron chi connectivity index (χ0n) is 10.5. The van der Waals surface area contributed by atoms with Gasteiger partial charge >= 0.3 is 5.97 Å². The average molecular weight is 266 g/mol. The molecule has 0 aromatic heterocycles. The Morgan fingerprint density at radius 2 is 1.76 bits per heavy atom. The Labute approximate surface area is 101 Å². The molecule has 0 aliphatic carbocycles. The number of sulfonamides is 1. The van der Waals surface area contributed by atoms with Gasteiger partial charge in [0.25, 0.3) is 0 Å². The summed E-state index contributed by atoms with van der Waals surface area (Å²) in [4.78, 5) is 23.6. The fraction of sp³-hybridized carbons (Fsp3) is 0.778. The zero-order chi connectivity index (χ0) is 14.0. The second-order valence-corrected chi connectivity index (χ2v) is 6.18. The number of carbonyl (C=O) groups is 2. The molecule has 0 aromatic rings. The van der Waals surface area contributed by atoms with Gasteiger partial charge in [0.2, 0.25) is 15.9 Å².